The Labute approximate surface area is 181 Å². The second-order valence-corrected chi connectivity index (χ2v) is 7.60. The molecule has 0 amide bonds. The molecule has 3 rings (SSSR count). The summed E-state index contributed by atoms with van der Waals surface area (Å²) in [5.74, 6) is -0.402. The number of pyridine rings is 1. The maximum atomic E-state index is 13.0. The van der Waals surface area contributed by atoms with Crippen LogP contribution in [-0.2, 0) is 6.54 Å². The second kappa shape index (κ2) is 8.88. The number of rotatable bonds is 6. The van der Waals surface area contributed by atoms with Crippen LogP contribution in [0.5, 0.6) is 11.6 Å². The molecule has 6 nitrogen and oxygen atoms in total. The van der Waals surface area contributed by atoms with Gasteiger partial charge in [-0.2, -0.15) is 5.26 Å². The van der Waals surface area contributed by atoms with Crippen molar-refractivity contribution in [3.63, 3.8) is 0 Å². The molecule has 0 bridgehead atoms. The largest absolute Gasteiger partial charge is 0.494 e. The zero-order chi connectivity index (χ0) is 22.7. The van der Waals surface area contributed by atoms with Crippen molar-refractivity contribution in [3.8, 4) is 17.7 Å². The van der Waals surface area contributed by atoms with Gasteiger partial charge in [0.15, 0.2) is 6.61 Å². The van der Waals surface area contributed by atoms with Gasteiger partial charge in [0, 0.05) is 0 Å². The molecule has 158 valence electrons. The molecule has 1 aromatic heterocycles. The van der Waals surface area contributed by atoms with Crippen LogP contribution in [-0.4, -0.2) is 22.1 Å². The number of benzene rings is 2. The Morgan fingerprint density at radius 2 is 1.74 bits per heavy atom. The number of nitriles is 1. The standard InChI is InChI=1S/C25H24N2O4/c1-15-8-10-19(11-9-15)13-27-24(29)20(12-26)18(4)23(25(27)30)21(28)14-31-22-7-5-6-16(2)17(22)3/h5-11,30H,13-14H2,1-4H3. The van der Waals surface area contributed by atoms with Gasteiger partial charge < -0.3 is 9.84 Å². The minimum atomic E-state index is -0.634. The molecule has 1 heterocycles. The molecular formula is C25H24N2O4. The lowest BCUT2D eigenvalue weighted by Gasteiger charge is -2.16. The summed E-state index contributed by atoms with van der Waals surface area (Å²) in [7, 11) is 0. The molecule has 0 unspecified atom stereocenters. The summed E-state index contributed by atoms with van der Waals surface area (Å²) < 4.78 is 6.74. The SMILES string of the molecule is Cc1ccc(Cn2c(O)c(C(=O)COc3cccc(C)c3C)c(C)c(C#N)c2=O)cc1. The summed E-state index contributed by atoms with van der Waals surface area (Å²) >= 11 is 0. The van der Waals surface area contributed by atoms with Gasteiger partial charge in [-0.15, -0.1) is 0 Å². The molecule has 1 N–H and O–H groups in total. The van der Waals surface area contributed by atoms with Gasteiger partial charge in [0.2, 0.25) is 11.7 Å². The molecule has 0 aliphatic rings. The highest BCUT2D eigenvalue weighted by molar-refractivity contribution is 6.01. The van der Waals surface area contributed by atoms with E-state index < -0.39 is 17.2 Å². The fraction of sp³-hybridized carbons (Fsp3) is 0.240. The van der Waals surface area contributed by atoms with Crippen LogP contribution in [0.1, 0.15) is 43.7 Å². The van der Waals surface area contributed by atoms with Crippen molar-refractivity contribution in [1.82, 2.24) is 4.57 Å². The topological polar surface area (TPSA) is 92.3 Å². The van der Waals surface area contributed by atoms with E-state index in [-0.39, 0.29) is 29.8 Å². The van der Waals surface area contributed by atoms with E-state index in [4.69, 9.17) is 4.74 Å². The number of ether oxygens (including phenoxy) is 1. The van der Waals surface area contributed by atoms with E-state index in [9.17, 15) is 20.0 Å². The number of nitrogens with zero attached hydrogens (tertiary/aromatic N) is 2. The van der Waals surface area contributed by atoms with Gasteiger partial charge in [0.25, 0.3) is 5.56 Å². The van der Waals surface area contributed by atoms with Crippen molar-refractivity contribution in [3.05, 3.63) is 91.8 Å². The van der Waals surface area contributed by atoms with Crippen LogP contribution in [0.2, 0.25) is 0 Å². The number of aryl methyl sites for hydroxylation is 2. The van der Waals surface area contributed by atoms with Crippen molar-refractivity contribution in [2.75, 3.05) is 6.61 Å². The van der Waals surface area contributed by atoms with Crippen molar-refractivity contribution < 1.29 is 14.6 Å². The van der Waals surface area contributed by atoms with Gasteiger partial charge in [-0.3, -0.25) is 14.2 Å². The van der Waals surface area contributed by atoms with Gasteiger partial charge in [-0.1, -0.05) is 42.0 Å². The molecule has 0 atom stereocenters. The normalized spacial score (nSPS) is 10.5. The first-order valence-corrected chi connectivity index (χ1v) is 9.88. The monoisotopic (exact) mass is 416 g/mol. The van der Waals surface area contributed by atoms with Gasteiger partial charge in [-0.05, 0) is 56.0 Å². The summed E-state index contributed by atoms with van der Waals surface area (Å²) in [5.41, 5.74) is 3.04. The van der Waals surface area contributed by atoms with Crippen LogP contribution < -0.4 is 10.3 Å². The predicted molar refractivity (Wildman–Crippen MR) is 118 cm³/mol. The smallest absolute Gasteiger partial charge is 0.271 e. The number of aromatic nitrogens is 1. The molecule has 2 aromatic carbocycles. The molecule has 0 aliphatic heterocycles. The zero-order valence-corrected chi connectivity index (χ0v) is 18.0. The fourth-order valence-electron chi connectivity index (χ4n) is 3.40. The predicted octanol–water partition coefficient (Wildman–Crippen LogP) is 3.97. The third kappa shape index (κ3) is 4.36. The fourth-order valence-corrected chi connectivity index (χ4v) is 3.40. The molecule has 31 heavy (non-hydrogen) atoms. The minimum Gasteiger partial charge on any atom is -0.494 e. The van der Waals surface area contributed by atoms with E-state index in [2.05, 4.69) is 0 Å². The summed E-state index contributed by atoms with van der Waals surface area (Å²) in [6, 6.07) is 14.9. The van der Waals surface area contributed by atoms with Crippen LogP contribution in [0, 0.1) is 39.0 Å². The number of Topliss-reactive ketones (excluding diaryl/α,β-unsaturated/α-hetero) is 1. The number of carbonyl (C=O) groups is 1. The van der Waals surface area contributed by atoms with E-state index in [0.717, 1.165) is 26.8 Å². The highest BCUT2D eigenvalue weighted by Gasteiger charge is 2.24. The quantitative estimate of drug-likeness (QED) is 0.614. The summed E-state index contributed by atoms with van der Waals surface area (Å²) in [6.45, 7) is 6.98. The van der Waals surface area contributed by atoms with Crippen molar-refractivity contribution >= 4 is 5.78 Å². The maximum absolute atomic E-state index is 13.0. The molecule has 3 aromatic rings. The number of aromatic hydroxyl groups is 1. The molecule has 0 saturated carbocycles. The second-order valence-electron chi connectivity index (χ2n) is 7.60. The minimum absolute atomic E-state index is 0.0397. The molecule has 0 saturated heterocycles. The van der Waals surface area contributed by atoms with Crippen LogP contribution in [0.15, 0.2) is 47.3 Å². The van der Waals surface area contributed by atoms with Crippen molar-refractivity contribution in [2.24, 2.45) is 0 Å². The first kappa shape index (κ1) is 21.8. The summed E-state index contributed by atoms with van der Waals surface area (Å²) in [5, 5.41) is 20.3. The van der Waals surface area contributed by atoms with Crippen LogP contribution in [0.25, 0.3) is 0 Å². The average molecular weight is 416 g/mol. The van der Waals surface area contributed by atoms with E-state index in [1.54, 1.807) is 6.07 Å². The molecule has 0 fully saturated rings. The van der Waals surface area contributed by atoms with Gasteiger partial charge in [0.1, 0.15) is 17.4 Å². The molecule has 0 spiro atoms. The number of hydrogen-bond donors (Lipinski definition) is 1. The Balaban J connectivity index is 2.00. The highest BCUT2D eigenvalue weighted by atomic mass is 16.5. The highest BCUT2D eigenvalue weighted by Crippen LogP contribution is 2.25. The maximum Gasteiger partial charge on any atom is 0.271 e. The summed E-state index contributed by atoms with van der Waals surface area (Å²) in [4.78, 5) is 25.8. The Morgan fingerprint density at radius 1 is 1.06 bits per heavy atom. The Bertz CT molecular complexity index is 1250. The van der Waals surface area contributed by atoms with E-state index >= 15 is 0 Å². The van der Waals surface area contributed by atoms with E-state index in [0.29, 0.717) is 5.75 Å². The number of carbonyl (C=O) groups excluding carboxylic acids is 1. The van der Waals surface area contributed by atoms with Crippen LogP contribution in [0.3, 0.4) is 0 Å². The first-order valence-electron chi connectivity index (χ1n) is 9.88. The lowest BCUT2D eigenvalue weighted by Crippen LogP contribution is -2.28. The summed E-state index contributed by atoms with van der Waals surface area (Å²) in [6.07, 6.45) is 0. The van der Waals surface area contributed by atoms with Crippen molar-refractivity contribution in [1.29, 1.82) is 5.26 Å². The zero-order valence-electron chi connectivity index (χ0n) is 18.0. The Hall–Kier alpha value is -3.85. The van der Waals surface area contributed by atoms with Crippen LogP contribution >= 0.6 is 0 Å². The van der Waals surface area contributed by atoms with Crippen LogP contribution in [0.4, 0.5) is 0 Å². The lowest BCUT2D eigenvalue weighted by molar-refractivity contribution is 0.0916. The first-order chi connectivity index (χ1) is 14.7. The Morgan fingerprint density at radius 3 is 2.39 bits per heavy atom. The van der Waals surface area contributed by atoms with E-state index in [1.807, 2.05) is 63.2 Å². The average Bonchev–Trinajstić information content (AvgIpc) is 2.74. The molecule has 6 heteroatoms. The third-order valence-electron chi connectivity index (χ3n) is 5.45. The van der Waals surface area contributed by atoms with Crippen molar-refractivity contribution in [2.45, 2.75) is 34.2 Å². The number of hydrogen-bond acceptors (Lipinski definition) is 5. The van der Waals surface area contributed by atoms with Gasteiger partial charge in [-0.25, -0.2) is 0 Å². The lowest BCUT2D eigenvalue weighted by atomic mass is 10.0. The Kier molecular flexibility index (Phi) is 6.26. The molecular weight excluding hydrogens is 392 g/mol. The third-order valence-corrected chi connectivity index (χ3v) is 5.45. The number of ketones is 1. The van der Waals surface area contributed by atoms with E-state index in [1.165, 1.54) is 6.92 Å². The van der Waals surface area contributed by atoms with Gasteiger partial charge in [0.05, 0.1) is 12.1 Å². The van der Waals surface area contributed by atoms with Gasteiger partial charge >= 0.3 is 0 Å². The molecule has 0 aliphatic carbocycles. The molecule has 0 radical (unpaired) electrons.